The van der Waals surface area contributed by atoms with Crippen molar-refractivity contribution >= 4 is 34.9 Å². The summed E-state index contributed by atoms with van der Waals surface area (Å²) in [5, 5.41) is 6.60. The van der Waals surface area contributed by atoms with Crippen LogP contribution in [0.5, 0.6) is 0 Å². The van der Waals surface area contributed by atoms with Gasteiger partial charge in [-0.3, -0.25) is 4.79 Å². The van der Waals surface area contributed by atoms with Gasteiger partial charge in [0, 0.05) is 17.9 Å². The number of rotatable bonds is 7. The van der Waals surface area contributed by atoms with Gasteiger partial charge in [-0.15, -0.1) is 0 Å². The number of thiocarbonyl (C=S) groups is 1. The fraction of sp³-hybridized carbons (Fsp3) is 0.348. The van der Waals surface area contributed by atoms with E-state index in [9.17, 15) is 9.59 Å². The van der Waals surface area contributed by atoms with Gasteiger partial charge in [-0.05, 0) is 61.8 Å². The summed E-state index contributed by atoms with van der Waals surface area (Å²) in [6.07, 6.45) is 1.45. The maximum atomic E-state index is 13.0. The first-order chi connectivity index (χ1) is 14.8. The van der Waals surface area contributed by atoms with Crippen molar-refractivity contribution in [3.63, 3.8) is 0 Å². The molecule has 0 fully saturated rings. The molecule has 7 nitrogen and oxygen atoms in total. The van der Waals surface area contributed by atoms with Crippen LogP contribution in [-0.2, 0) is 9.53 Å². The zero-order valence-corrected chi connectivity index (χ0v) is 18.9. The van der Waals surface area contributed by atoms with E-state index in [2.05, 4.69) is 10.6 Å². The summed E-state index contributed by atoms with van der Waals surface area (Å²) in [4.78, 5) is 27.0. The van der Waals surface area contributed by atoms with Crippen molar-refractivity contribution in [2.24, 2.45) is 5.92 Å². The maximum absolute atomic E-state index is 13.0. The number of esters is 1. The molecule has 1 aliphatic heterocycles. The Labute approximate surface area is 187 Å². The number of nitrogens with one attached hydrogen (secondary N) is 2. The fourth-order valence-electron chi connectivity index (χ4n) is 3.36. The molecule has 164 valence electrons. The predicted octanol–water partition coefficient (Wildman–Crippen LogP) is 4.26. The van der Waals surface area contributed by atoms with Crippen LogP contribution in [-0.4, -0.2) is 35.0 Å². The normalized spacial score (nSPS) is 16.4. The van der Waals surface area contributed by atoms with Crippen LogP contribution in [0.3, 0.4) is 0 Å². The summed E-state index contributed by atoms with van der Waals surface area (Å²) < 4.78 is 10.6. The number of anilines is 1. The Balaban J connectivity index is 1.86. The molecular formula is C23H27N3O4S. The first-order valence-corrected chi connectivity index (χ1v) is 10.6. The zero-order chi connectivity index (χ0) is 22.5. The van der Waals surface area contributed by atoms with Crippen LogP contribution in [0, 0.1) is 5.92 Å². The molecule has 0 aliphatic carbocycles. The van der Waals surface area contributed by atoms with Crippen LogP contribution >= 0.6 is 12.2 Å². The molecule has 2 aromatic rings. The summed E-state index contributed by atoms with van der Waals surface area (Å²) in [5.41, 5.74) is 2.76. The van der Waals surface area contributed by atoms with Gasteiger partial charge in [-0.1, -0.05) is 26.0 Å². The predicted molar refractivity (Wildman–Crippen MR) is 122 cm³/mol. The van der Waals surface area contributed by atoms with E-state index in [1.807, 2.05) is 44.7 Å². The number of hydrogen-bond acceptors (Lipinski definition) is 5. The van der Waals surface area contributed by atoms with Gasteiger partial charge in [-0.25, -0.2) is 4.79 Å². The van der Waals surface area contributed by atoms with Crippen LogP contribution in [0.15, 0.2) is 58.3 Å². The van der Waals surface area contributed by atoms with Crippen LogP contribution in [0.25, 0.3) is 0 Å². The molecule has 0 radical (unpaired) electrons. The minimum Gasteiger partial charge on any atom is -0.462 e. The van der Waals surface area contributed by atoms with E-state index in [-0.39, 0.29) is 23.6 Å². The molecule has 2 N–H and O–H groups in total. The molecule has 1 aromatic carbocycles. The van der Waals surface area contributed by atoms with E-state index in [4.69, 9.17) is 21.4 Å². The van der Waals surface area contributed by atoms with E-state index in [1.165, 1.54) is 6.26 Å². The molecule has 1 unspecified atom stereocenters. The van der Waals surface area contributed by atoms with E-state index in [0.717, 1.165) is 11.3 Å². The molecular weight excluding hydrogens is 414 g/mol. The van der Waals surface area contributed by atoms with Gasteiger partial charge in [0.25, 0.3) is 5.91 Å². The van der Waals surface area contributed by atoms with Gasteiger partial charge >= 0.3 is 5.97 Å². The minimum absolute atomic E-state index is 0.233. The summed E-state index contributed by atoms with van der Waals surface area (Å²) in [5.74, 6) is -0.223. The zero-order valence-electron chi connectivity index (χ0n) is 18.1. The van der Waals surface area contributed by atoms with Crippen molar-refractivity contribution in [2.45, 2.75) is 33.7 Å². The highest BCUT2D eigenvalue weighted by Crippen LogP contribution is 2.32. The minimum atomic E-state index is -0.440. The summed E-state index contributed by atoms with van der Waals surface area (Å²) in [6.45, 7) is 8.83. The van der Waals surface area contributed by atoms with Gasteiger partial charge in [0.1, 0.15) is 0 Å². The van der Waals surface area contributed by atoms with E-state index in [0.29, 0.717) is 29.5 Å². The molecule has 0 spiro atoms. The lowest BCUT2D eigenvalue weighted by atomic mass is 9.94. The van der Waals surface area contributed by atoms with Gasteiger partial charge < -0.3 is 24.7 Å². The van der Waals surface area contributed by atoms with E-state index < -0.39 is 6.04 Å². The number of ether oxygens (including phenoxy) is 1. The van der Waals surface area contributed by atoms with Crippen molar-refractivity contribution < 1.29 is 18.7 Å². The lowest BCUT2D eigenvalue weighted by Gasteiger charge is -2.37. The molecule has 1 aromatic heterocycles. The third-order valence-corrected chi connectivity index (χ3v) is 5.27. The molecule has 3 rings (SSSR count). The summed E-state index contributed by atoms with van der Waals surface area (Å²) in [6, 6.07) is 10.1. The number of benzene rings is 1. The lowest BCUT2D eigenvalue weighted by molar-refractivity contribution is -0.140. The Kier molecular flexibility index (Phi) is 7.12. The molecule has 2 heterocycles. The molecule has 1 aliphatic rings. The first-order valence-electron chi connectivity index (χ1n) is 10.2. The molecule has 0 bridgehead atoms. The number of nitrogens with zero attached hydrogens (tertiary/aromatic N) is 1. The average molecular weight is 442 g/mol. The van der Waals surface area contributed by atoms with Gasteiger partial charge in [0.2, 0.25) is 0 Å². The fourth-order valence-corrected chi connectivity index (χ4v) is 3.74. The van der Waals surface area contributed by atoms with Gasteiger partial charge in [0.15, 0.2) is 10.9 Å². The Hall–Kier alpha value is -3.13. The Morgan fingerprint density at radius 2 is 1.97 bits per heavy atom. The highest BCUT2D eigenvalue weighted by atomic mass is 32.1. The summed E-state index contributed by atoms with van der Waals surface area (Å²) >= 11 is 5.52. The Bertz CT molecular complexity index is 981. The molecule has 31 heavy (non-hydrogen) atoms. The van der Waals surface area contributed by atoms with Crippen molar-refractivity contribution in [2.75, 3.05) is 18.5 Å². The van der Waals surface area contributed by atoms with Gasteiger partial charge in [-0.2, -0.15) is 0 Å². The topological polar surface area (TPSA) is 83.8 Å². The average Bonchev–Trinajstić information content (AvgIpc) is 3.27. The molecule has 0 saturated heterocycles. The molecule has 8 heteroatoms. The van der Waals surface area contributed by atoms with Crippen LogP contribution in [0.1, 0.15) is 49.9 Å². The standard InChI is InChI=1S/C23H27N3O4S/c1-5-26-15(4)19(22(28)30-13-14(2)3)20(25-23(26)31)16-8-10-17(11-9-16)24-21(27)18-7-6-12-29-18/h6-12,14,20H,5,13H2,1-4H3,(H,24,27)(H,25,31). The molecule has 1 atom stereocenters. The second kappa shape index (κ2) is 9.78. The number of allylic oxidation sites excluding steroid dienone is 1. The SMILES string of the molecule is CCN1C(=S)NC(c2ccc(NC(=O)c3ccco3)cc2)C(C(=O)OCC(C)C)=C1C. The van der Waals surface area contributed by atoms with Crippen molar-refractivity contribution in [3.8, 4) is 0 Å². The number of hydrogen-bond donors (Lipinski definition) is 2. The van der Waals surface area contributed by atoms with Crippen LogP contribution < -0.4 is 10.6 Å². The van der Waals surface area contributed by atoms with Gasteiger partial charge in [0.05, 0.1) is 24.5 Å². The van der Waals surface area contributed by atoms with Crippen molar-refractivity contribution in [3.05, 3.63) is 65.3 Å². The first kappa shape index (κ1) is 22.6. The third kappa shape index (κ3) is 5.14. The van der Waals surface area contributed by atoms with Crippen molar-refractivity contribution in [1.29, 1.82) is 0 Å². The molecule has 1 amide bonds. The Morgan fingerprint density at radius 1 is 1.26 bits per heavy atom. The number of furan rings is 1. The maximum Gasteiger partial charge on any atom is 0.338 e. The smallest absolute Gasteiger partial charge is 0.338 e. The quantitative estimate of drug-likeness (QED) is 0.491. The van der Waals surface area contributed by atoms with Crippen LogP contribution in [0.4, 0.5) is 5.69 Å². The van der Waals surface area contributed by atoms with Crippen molar-refractivity contribution in [1.82, 2.24) is 10.2 Å². The number of carbonyl (C=O) groups excluding carboxylic acids is 2. The van der Waals surface area contributed by atoms with E-state index >= 15 is 0 Å². The Morgan fingerprint density at radius 3 is 2.55 bits per heavy atom. The number of carbonyl (C=O) groups is 2. The molecule has 0 saturated carbocycles. The van der Waals surface area contributed by atoms with Crippen LogP contribution in [0.2, 0.25) is 0 Å². The summed E-state index contributed by atoms with van der Waals surface area (Å²) in [7, 11) is 0. The lowest BCUT2D eigenvalue weighted by Crippen LogP contribution is -2.47. The third-order valence-electron chi connectivity index (χ3n) is 4.93. The monoisotopic (exact) mass is 441 g/mol. The highest BCUT2D eigenvalue weighted by Gasteiger charge is 2.34. The van der Waals surface area contributed by atoms with E-state index in [1.54, 1.807) is 24.3 Å². The second-order valence-electron chi connectivity index (χ2n) is 7.67. The highest BCUT2D eigenvalue weighted by molar-refractivity contribution is 7.80. The largest absolute Gasteiger partial charge is 0.462 e. The second-order valence-corrected chi connectivity index (χ2v) is 8.06. The number of amides is 1.